The second kappa shape index (κ2) is 4.64. The maximum atomic E-state index is 13.7. The van der Waals surface area contributed by atoms with Crippen molar-refractivity contribution >= 4 is 10.8 Å². The van der Waals surface area contributed by atoms with Gasteiger partial charge >= 0.3 is 6.23 Å². The molecule has 19 heavy (non-hydrogen) atoms. The topological polar surface area (TPSA) is 69.9 Å². The number of aryl methyl sites for hydroxylation is 1. The summed E-state index contributed by atoms with van der Waals surface area (Å²) in [6, 6.07) is 5.09. The van der Waals surface area contributed by atoms with Gasteiger partial charge in [-0.3, -0.25) is 0 Å². The molecule has 0 bridgehead atoms. The van der Waals surface area contributed by atoms with Gasteiger partial charge in [-0.25, -0.2) is 4.39 Å². The second-order valence-corrected chi connectivity index (χ2v) is 4.06. The molecule has 102 valence electrons. The van der Waals surface area contributed by atoms with Gasteiger partial charge in [0.1, 0.15) is 5.75 Å². The first-order valence-electron chi connectivity index (χ1n) is 5.58. The number of phenols is 1. The Bertz CT molecular complexity index is 620. The molecule has 4 nitrogen and oxygen atoms in total. The average Bonchev–Trinajstić information content (AvgIpc) is 2.30. The quantitative estimate of drug-likeness (QED) is 0.748. The molecular weight excluding hydrogens is 258 g/mol. The Hall–Kier alpha value is -1.92. The van der Waals surface area contributed by atoms with Gasteiger partial charge in [0.25, 0.3) is 0 Å². The molecule has 0 aliphatic carbocycles. The fraction of sp³-hybridized carbons (Fsp3) is 0.231. The third-order valence-electron chi connectivity index (χ3n) is 2.70. The monoisotopic (exact) mass is 270 g/mol. The third kappa shape index (κ3) is 2.74. The van der Waals surface area contributed by atoms with Gasteiger partial charge in [-0.2, -0.15) is 0 Å². The van der Waals surface area contributed by atoms with E-state index in [4.69, 9.17) is 10.2 Å². The number of aromatic hydroxyl groups is 1. The number of hydrogen-bond donors (Lipinski definition) is 3. The lowest BCUT2D eigenvalue weighted by atomic mass is 10.0. The molecule has 6 heteroatoms. The van der Waals surface area contributed by atoms with Crippen molar-refractivity contribution in [3.8, 4) is 11.5 Å². The summed E-state index contributed by atoms with van der Waals surface area (Å²) >= 11 is 0. The molecule has 3 N–H and O–H groups in total. The number of phenolic OH excluding ortho intramolecular Hbond substituents is 1. The maximum absolute atomic E-state index is 13.7. The van der Waals surface area contributed by atoms with Gasteiger partial charge in [0.2, 0.25) is 0 Å². The number of hydrogen-bond acceptors (Lipinski definition) is 4. The number of rotatable bonds is 3. The van der Waals surface area contributed by atoms with E-state index in [1.807, 2.05) is 0 Å². The highest BCUT2D eigenvalue weighted by molar-refractivity contribution is 5.92. The molecule has 0 saturated carbocycles. The summed E-state index contributed by atoms with van der Waals surface area (Å²) in [4.78, 5) is 0. The summed E-state index contributed by atoms with van der Waals surface area (Å²) in [5.74, 6) is -1.57. The van der Waals surface area contributed by atoms with Crippen LogP contribution in [0.3, 0.4) is 0 Å². The van der Waals surface area contributed by atoms with E-state index in [1.165, 1.54) is 18.2 Å². The van der Waals surface area contributed by atoms with E-state index >= 15 is 0 Å². The van der Waals surface area contributed by atoms with Gasteiger partial charge in [-0.1, -0.05) is 13.0 Å². The first-order valence-corrected chi connectivity index (χ1v) is 5.58. The van der Waals surface area contributed by atoms with Crippen LogP contribution in [0.5, 0.6) is 11.5 Å². The molecule has 0 aliphatic heterocycles. The highest BCUT2D eigenvalue weighted by Gasteiger charge is 2.28. The van der Waals surface area contributed by atoms with Crippen molar-refractivity contribution in [1.82, 2.24) is 0 Å². The van der Waals surface area contributed by atoms with Crippen LogP contribution in [-0.2, 0) is 6.42 Å². The van der Waals surface area contributed by atoms with Crippen molar-refractivity contribution in [2.75, 3.05) is 0 Å². The van der Waals surface area contributed by atoms with Gasteiger partial charge in [0, 0.05) is 5.39 Å². The van der Waals surface area contributed by atoms with Gasteiger partial charge in [0.05, 0.1) is 0 Å². The Morgan fingerprint density at radius 3 is 2.53 bits per heavy atom. The minimum Gasteiger partial charge on any atom is -0.508 e. The molecule has 2 rings (SSSR count). The van der Waals surface area contributed by atoms with Crippen molar-refractivity contribution in [2.24, 2.45) is 0 Å². The molecule has 0 unspecified atom stereocenters. The van der Waals surface area contributed by atoms with Crippen molar-refractivity contribution in [3.63, 3.8) is 0 Å². The molecular formula is C13H12F2O4. The maximum Gasteiger partial charge on any atom is 0.492 e. The molecule has 2 aromatic rings. The van der Waals surface area contributed by atoms with Crippen LogP contribution in [0.1, 0.15) is 12.5 Å². The molecule has 0 radical (unpaired) electrons. The lowest BCUT2D eigenvalue weighted by molar-refractivity contribution is -0.375. The Kier molecular flexibility index (Phi) is 3.30. The number of fused-ring (bicyclic) bond motifs is 1. The van der Waals surface area contributed by atoms with Gasteiger partial charge in [-0.05, 0) is 35.6 Å². The van der Waals surface area contributed by atoms with Crippen LogP contribution in [0.25, 0.3) is 10.8 Å². The second-order valence-electron chi connectivity index (χ2n) is 4.06. The minimum absolute atomic E-state index is 0.0265. The van der Waals surface area contributed by atoms with E-state index in [1.54, 1.807) is 6.92 Å². The van der Waals surface area contributed by atoms with Crippen LogP contribution in [0.4, 0.5) is 8.78 Å². The average molecular weight is 270 g/mol. The standard InChI is InChI=1S/C13H12F2O4/c1-2-7-5-9(16)6-8-3-4-10(14)12(11(7)8)19-13(15,17)18/h3-6,16-18H,2H2,1H3. The first kappa shape index (κ1) is 13.5. The molecule has 0 atom stereocenters. The highest BCUT2D eigenvalue weighted by atomic mass is 19.2. The molecule has 2 aromatic carbocycles. The molecule has 0 fully saturated rings. The normalized spacial score (nSPS) is 11.8. The predicted molar refractivity (Wildman–Crippen MR) is 63.9 cm³/mol. The number of ether oxygens (including phenoxy) is 1. The zero-order valence-corrected chi connectivity index (χ0v) is 10.0. The van der Waals surface area contributed by atoms with E-state index in [0.29, 0.717) is 17.4 Å². The minimum atomic E-state index is -3.97. The summed E-state index contributed by atoms with van der Waals surface area (Å²) in [6.07, 6.45) is -3.56. The van der Waals surface area contributed by atoms with Crippen LogP contribution in [0.2, 0.25) is 0 Å². The summed E-state index contributed by atoms with van der Waals surface area (Å²) in [7, 11) is 0. The van der Waals surface area contributed by atoms with E-state index in [9.17, 15) is 13.9 Å². The zero-order chi connectivity index (χ0) is 14.2. The fourth-order valence-corrected chi connectivity index (χ4v) is 1.98. The Morgan fingerprint density at radius 1 is 1.26 bits per heavy atom. The number of benzene rings is 2. The smallest absolute Gasteiger partial charge is 0.492 e. The van der Waals surface area contributed by atoms with E-state index in [2.05, 4.69) is 4.74 Å². The van der Waals surface area contributed by atoms with Crippen molar-refractivity contribution in [1.29, 1.82) is 0 Å². The van der Waals surface area contributed by atoms with Crippen LogP contribution >= 0.6 is 0 Å². The Balaban J connectivity index is 2.77. The van der Waals surface area contributed by atoms with Crippen LogP contribution in [0, 0.1) is 5.82 Å². The van der Waals surface area contributed by atoms with E-state index in [-0.39, 0.29) is 11.1 Å². The lowest BCUT2D eigenvalue weighted by Crippen LogP contribution is -2.29. The van der Waals surface area contributed by atoms with Gasteiger partial charge in [-0.15, -0.1) is 4.39 Å². The molecule has 0 amide bonds. The predicted octanol–water partition coefficient (Wildman–Crippen LogP) is 2.19. The van der Waals surface area contributed by atoms with Crippen molar-refractivity contribution < 1.29 is 28.8 Å². The molecule has 0 spiro atoms. The molecule has 0 saturated heterocycles. The molecule has 0 aliphatic rings. The van der Waals surface area contributed by atoms with Crippen LogP contribution in [0.15, 0.2) is 24.3 Å². The number of alkyl halides is 1. The number of aliphatic hydroxyl groups is 2. The SMILES string of the molecule is CCc1cc(O)cc2ccc(F)c(OC(O)(O)F)c12. The summed E-state index contributed by atoms with van der Waals surface area (Å²) < 4.78 is 30.7. The largest absolute Gasteiger partial charge is 0.508 e. The van der Waals surface area contributed by atoms with Crippen LogP contribution in [-0.4, -0.2) is 21.5 Å². The lowest BCUT2D eigenvalue weighted by Gasteiger charge is -2.17. The molecule has 0 heterocycles. The zero-order valence-electron chi connectivity index (χ0n) is 10.0. The van der Waals surface area contributed by atoms with Gasteiger partial charge < -0.3 is 20.1 Å². The van der Waals surface area contributed by atoms with Crippen LogP contribution < -0.4 is 4.74 Å². The van der Waals surface area contributed by atoms with E-state index in [0.717, 1.165) is 6.07 Å². The fourth-order valence-electron chi connectivity index (χ4n) is 1.98. The van der Waals surface area contributed by atoms with Crippen molar-refractivity contribution in [3.05, 3.63) is 35.6 Å². The Morgan fingerprint density at radius 2 is 1.95 bits per heavy atom. The molecule has 0 aromatic heterocycles. The highest BCUT2D eigenvalue weighted by Crippen LogP contribution is 2.36. The number of halogens is 2. The first-order chi connectivity index (χ1) is 8.81. The van der Waals surface area contributed by atoms with Gasteiger partial charge in [0.15, 0.2) is 11.6 Å². The van der Waals surface area contributed by atoms with Crippen molar-refractivity contribution in [2.45, 2.75) is 19.6 Å². The summed E-state index contributed by atoms with van der Waals surface area (Å²) in [5, 5.41) is 27.4. The third-order valence-corrected chi connectivity index (χ3v) is 2.70. The van der Waals surface area contributed by atoms with E-state index < -0.39 is 17.8 Å². The Labute approximate surface area is 107 Å². The summed E-state index contributed by atoms with van der Waals surface area (Å²) in [5.41, 5.74) is 0.494. The summed E-state index contributed by atoms with van der Waals surface area (Å²) in [6.45, 7) is 1.75.